The van der Waals surface area contributed by atoms with Gasteiger partial charge in [-0.15, -0.1) is 0 Å². The number of nitrogens with one attached hydrogen (secondary N) is 2. The zero-order chi connectivity index (χ0) is 34.4. The number of rotatable bonds is 12. The smallest absolute Gasteiger partial charge is 0.325 e. The number of ether oxygens (including phenoxy) is 2. The van der Waals surface area contributed by atoms with E-state index in [4.69, 9.17) is 9.47 Å². The van der Waals surface area contributed by atoms with Gasteiger partial charge in [0, 0.05) is 59.7 Å². The fraction of sp³-hybridized carbons (Fsp3) is 0.500. The average molecular weight is 686 g/mol. The summed E-state index contributed by atoms with van der Waals surface area (Å²) in [6.45, 7) is 3.30. The second kappa shape index (κ2) is 16.0. The predicted molar refractivity (Wildman–Crippen MR) is 203 cm³/mol. The lowest BCUT2D eigenvalue weighted by Gasteiger charge is -2.24. The first-order valence-electron chi connectivity index (χ1n) is 16.1. The molecule has 0 saturated carbocycles. The number of aromatic nitrogens is 2. The van der Waals surface area contributed by atoms with E-state index in [2.05, 4.69) is 84.1 Å². The lowest BCUT2D eigenvalue weighted by molar-refractivity contribution is -0.135. The Labute approximate surface area is 284 Å². The minimum absolute atomic E-state index is 0.144. The van der Waals surface area contributed by atoms with Crippen LogP contribution in [0.2, 0.25) is 0 Å². The monoisotopic (exact) mass is 685 g/mol. The summed E-state index contributed by atoms with van der Waals surface area (Å²) in [6, 6.07) is 11.7. The van der Waals surface area contributed by atoms with Crippen LogP contribution in [0.5, 0.6) is 11.5 Å². The van der Waals surface area contributed by atoms with Crippen LogP contribution in [0.15, 0.2) is 48.8 Å². The first-order valence-corrected chi connectivity index (χ1v) is 21.9. The summed E-state index contributed by atoms with van der Waals surface area (Å²) in [7, 11) is 6.79. The van der Waals surface area contributed by atoms with Crippen molar-refractivity contribution >= 4 is 53.8 Å². The molecule has 1 aliphatic rings. The van der Waals surface area contributed by atoms with E-state index in [1.807, 2.05) is 48.8 Å². The number of carbonyl (C=O) groups is 2. The molecule has 0 bridgehead atoms. The van der Waals surface area contributed by atoms with Crippen molar-refractivity contribution in [2.75, 3.05) is 103 Å². The highest BCUT2D eigenvalue weighted by molar-refractivity contribution is 8.33. The van der Waals surface area contributed by atoms with Crippen molar-refractivity contribution in [1.29, 1.82) is 0 Å². The zero-order valence-electron chi connectivity index (χ0n) is 29.8. The standard InChI is InChI=1S/C19H29N3O2S.C17H26N2O2S/c1-21(2)9-8-15-12-20-16-6-5-7-17(19(15)16)24-18(23)13-22-10-11-25(3,4)14-22;1-19(2)10-9-13-11-18-14-7-6-8-15(17(13)14)21-16(20)12-22(3,4)5/h5-7,12,20H,8-11,13-14H2,1-4H3;6-8,11,18H,9-10,12H2,1-5H3. The molecule has 0 aliphatic carbocycles. The predicted octanol–water partition coefficient (Wildman–Crippen LogP) is 5.39. The highest BCUT2D eigenvalue weighted by atomic mass is 32.3. The van der Waals surface area contributed by atoms with Gasteiger partial charge in [0.05, 0.1) is 12.3 Å². The van der Waals surface area contributed by atoms with Crippen molar-refractivity contribution < 1.29 is 19.1 Å². The van der Waals surface area contributed by atoms with Crippen LogP contribution >= 0.6 is 20.1 Å². The van der Waals surface area contributed by atoms with Gasteiger partial charge in [-0.1, -0.05) is 12.1 Å². The Morgan fingerprint density at radius 2 is 1.30 bits per heavy atom. The number of H-pyrrole nitrogens is 2. The summed E-state index contributed by atoms with van der Waals surface area (Å²) in [4.78, 5) is 37.7. The third-order valence-corrected chi connectivity index (χ3v) is 11.5. The van der Waals surface area contributed by atoms with E-state index < -0.39 is 20.1 Å². The Morgan fingerprint density at radius 3 is 1.72 bits per heavy atom. The molecule has 1 fully saturated rings. The molecule has 4 aromatic rings. The molecule has 9 nitrogen and oxygen atoms in total. The Morgan fingerprint density at radius 1 is 0.809 bits per heavy atom. The maximum absolute atomic E-state index is 12.4. The molecule has 1 saturated heterocycles. The largest absolute Gasteiger partial charge is 0.425 e. The summed E-state index contributed by atoms with van der Waals surface area (Å²) in [5.74, 6) is 3.76. The second-order valence-corrected chi connectivity index (χ2v) is 23.1. The van der Waals surface area contributed by atoms with Gasteiger partial charge in [0.1, 0.15) is 11.5 Å². The van der Waals surface area contributed by atoms with E-state index in [1.165, 1.54) is 16.9 Å². The maximum Gasteiger partial charge on any atom is 0.325 e. The van der Waals surface area contributed by atoms with Gasteiger partial charge in [-0.3, -0.25) is 14.5 Å². The van der Waals surface area contributed by atoms with Gasteiger partial charge in [0.15, 0.2) is 0 Å². The van der Waals surface area contributed by atoms with Crippen molar-refractivity contribution in [3.8, 4) is 11.5 Å². The molecule has 1 aliphatic heterocycles. The SMILES string of the molecule is CN(C)CCc1c[nH]c2cccc(OC(=O)CN3CCS(C)(C)C3)c12.CN(C)CCc1c[nH]c2cccc(OC(=O)CS(C)(C)C)c12. The van der Waals surface area contributed by atoms with Gasteiger partial charge in [-0.25, -0.2) is 20.1 Å². The van der Waals surface area contributed by atoms with Crippen LogP contribution in [-0.4, -0.2) is 140 Å². The third-order valence-electron chi connectivity index (χ3n) is 8.00. The van der Waals surface area contributed by atoms with E-state index in [0.29, 0.717) is 23.8 Å². The van der Waals surface area contributed by atoms with Gasteiger partial charge in [-0.05, 0) is 113 Å². The molecule has 260 valence electrons. The molecule has 11 heteroatoms. The molecule has 47 heavy (non-hydrogen) atoms. The number of benzene rings is 2. The van der Waals surface area contributed by atoms with Crippen molar-refractivity contribution in [3.05, 3.63) is 59.9 Å². The number of nitrogens with zero attached hydrogens (tertiary/aromatic N) is 3. The molecule has 0 radical (unpaired) electrons. The summed E-state index contributed by atoms with van der Waals surface area (Å²) < 4.78 is 11.4. The van der Waals surface area contributed by atoms with Crippen LogP contribution in [0, 0.1) is 0 Å². The third kappa shape index (κ3) is 11.0. The topological polar surface area (TPSA) is 93.9 Å². The molecular formula is C36H55N5O4S2. The molecule has 2 N–H and O–H groups in total. The Hall–Kier alpha value is -2.96. The number of likely N-dealkylation sites (N-methyl/N-ethyl adjacent to an activating group) is 2. The van der Waals surface area contributed by atoms with Gasteiger partial charge in [0.25, 0.3) is 0 Å². The number of fused-ring (bicyclic) bond motifs is 2. The van der Waals surface area contributed by atoms with Crippen molar-refractivity contribution in [1.82, 2.24) is 24.7 Å². The number of hydrogen-bond acceptors (Lipinski definition) is 7. The fourth-order valence-electron chi connectivity index (χ4n) is 5.66. The van der Waals surface area contributed by atoms with Crippen LogP contribution in [-0.2, 0) is 22.4 Å². The normalized spacial score (nSPS) is 16.0. The number of hydrogen-bond donors (Lipinski definition) is 2. The molecule has 0 atom stereocenters. The average Bonchev–Trinajstić information content (AvgIpc) is 3.67. The summed E-state index contributed by atoms with van der Waals surface area (Å²) in [5.41, 5.74) is 4.42. The van der Waals surface area contributed by atoms with Crippen LogP contribution in [0.4, 0.5) is 0 Å². The summed E-state index contributed by atoms with van der Waals surface area (Å²) in [6.07, 6.45) is 16.9. The Bertz CT molecular complexity index is 1650. The number of aromatic amines is 2. The van der Waals surface area contributed by atoms with Crippen LogP contribution in [0.25, 0.3) is 21.8 Å². The number of esters is 2. The molecule has 5 rings (SSSR count). The fourth-order valence-corrected chi connectivity index (χ4v) is 8.52. The molecule has 3 heterocycles. The maximum atomic E-state index is 12.4. The van der Waals surface area contributed by atoms with E-state index in [9.17, 15) is 9.59 Å². The second-order valence-electron chi connectivity index (χ2n) is 14.4. The van der Waals surface area contributed by atoms with Gasteiger partial charge in [0.2, 0.25) is 0 Å². The Balaban J connectivity index is 0.000000215. The molecule has 0 spiro atoms. The summed E-state index contributed by atoms with van der Waals surface area (Å²) >= 11 is 0. The lowest BCUT2D eigenvalue weighted by atomic mass is 10.1. The van der Waals surface area contributed by atoms with Crippen molar-refractivity contribution in [2.45, 2.75) is 12.8 Å². The molecule has 0 amide bonds. The minimum atomic E-state index is -0.904. The first-order chi connectivity index (χ1) is 22.1. The van der Waals surface area contributed by atoms with E-state index in [0.717, 1.165) is 60.2 Å². The highest BCUT2D eigenvalue weighted by Gasteiger charge is 2.27. The van der Waals surface area contributed by atoms with Crippen LogP contribution in [0.3, 0.4) is 0 Å². The molecule has 0 unspecified atom stereocenters. The highest BCUT2D eigenvalue weighted by Crippen LogP contribution is 2.44. The minimum Gasteiger partial charge on any atom is -0.425 e. The molecule has 2 aromatic heterocycles. The molecular weight excluding hydrogens is 631 g/mol. The number of carbonyl (C=O) groups excluding carboxylic acids is 2. The van der Waals surface area contributed by atoms with Gasteiger partial charge < -0.3 is 29.2 Å². The Kier molecular flexibility index (Phi) is 12.5. The quantitative estimate of drug-likeness (QED) is 0.153. The van der Waals surface area contributed by atoms with Crippen LogP contribution < -0.4 is 9.47 Å². The molecule has 2 aromatic carbocycles. The lowest BCUT2D eigenvalue weighted by Crippen LogP contribution is -2.30. The van der Waals surface area contributed by atoms with Gasteiger partial charge >= 0.3 is 11.9 Å². The summed E-state index contributed by atoms with van der Waals surface area (Å²) in [5, 5.41) is 2.06. The van der Waals surface area contributed by atoms with Crippen molar-refractivity contribution in [2.24, 2.45) is 0 Å². The first kappa shape index (κ1) is 36.9. The van der Waals surface area contributed by atoms with Gasteiger partial charge in [-0.2, -0.15) is 0 Å². The van der Waals surface area contributed by atoms with E-state index in [1.54, 1.807) is 0 Å². The zero-order valence-corrected chi connectivity index (χ0v) is 31.4. The van der Waals surface area contributed by atoms with Crippen molar-refractivity contribution in [3.63, 3.8) is 0 Å². The van der Waals surface area contributed by atoms with E-state index >= 15 is 0 Å². The van der Waals surface area contributed by atoms with Crippen LogP contribution in [0.1, 0.15) is 11.1 Å². The van der Waals surface area contributed by atoms with E-state index in [-0.39, 0.29) is 11.9 Å².